The predicted octanol–water partition coefficient (Wildman–Crippen LogP) is 1.68. The van der Waals surface area contributed by atoms with Gasteiger partial charge in [-0.1, -0.05) is 0 Å². The van der Waals surface area contributed by atoms with Gasteiger partial charge in [-0.2, -0.15) is 0 Å². The van der Waals surface area contributed by atoms with Crippen LogP contribution in [0.3, 0.4) is 0 Å². The van der Waals surface area contributed by atoms with Crippen LogP contribution in [0, 0.1) is 6.92 Å². The Labute approximate surface area is 108 Å². The van der Waals surface area contributed by atoms with Gasteiger partial charge in [0.1, 0.15) is 5.03 Å². The van der Waals surface area contributed by atoms with Crippen molar-refractivity contribution in [3.05, 3.63) is 46.0 Å². The van der Waals surface area contributed by atoms with Crippen molar-refractivity contribution in [3.8, 4) is 0 Å². The molecule has 0 radical (unpaired) electrons. The average molecular weight is 263 g/mol. The summed E-state index contributed by atoms with van der Waals surface area (Å²) in [6.45, 7) is 3.45. The highest BCUT2D eigenvalue weighted by atomic mass is 32.2. The first kappa shape index (κ1) is 12.8. The van der Waals surface area contributed by atoms with Crippen LogP contribution < -0.4 is 5.56 Å². The fourth-order valence-corrected chi connectivity index (χ4v) is 2.29. The van der Waals surface area contributed by atoms with Crippen molar-refractivity contribution < 1.29 is 5.11 Å². The van der Waals surface area contributed by atoms with Gasteiger partial charge < -0.3 is 10.1 Å². The van der Waals surface area contributed by atoms with Crippen molar-refractivity contribution in [2.45, 2.75) is 30.1 Å². The molecule has 2 aromatic heterocycles. The second kappa shape index (κ2) is 5.32. The number of aromatic amines is 1. The maximum Gasteiger partial charge on any atom is 0.251 e. The van der Waals surface area contributed by atoms with Gasteiger partial charge >= 0.3 is 0 Å². The molecule has 0 aliphatic rings. The molecule has 0 saturated heterocycles. The molecule has 0 unspecified atom stereocenters. The molecule has 2 rings (SSSR count). The summed E-state index contributed by atoms with van der Waals surface area (Å²) in [7, 11) is 0. The Kier molecular flexibility index (Phi) is 3.78. The van der Waals surface area contributed by atoms with E-state index in [1.54, 1.807) is 32.2 Å². The number of H-pyrrole nitrogens is 1. The molecule has 0 aromatic carbocycles. The molecular weight excluding hydrogens is 250 g/mol. The third-order valence-electron chi connectivity index (χ3n) is 2.29. The Morgan fingerprint density at radius 1 is 1.44 bits per heavy atom. The van der Waals surface area contributed by atoms with Crippen LogP contribution in [0.1, 0.15) is 24.3 Å². The molecule has 94 valence electrons. The number of aromatic nitrogens is 3. The number of aliphatic hydroxyl groups is 1. The minimum absolute atomic E-state index is 0.184. The van der Waals surface area contributed by atoms with Gasteiger partial charge in [0.15, 0.2) is 5.16 Å². The molecule has 2 N–H and O–H groups in total. The zero-order valence-electron chi connectivity index (χ0n) is 10.0. The van der Waals surface area contributed by atoms with Gasteiger partial charge in [0.25, 0.3) is 5.56 Å². The van der Waals surface area contributed by atoms with Gasteiger partial charge in [0.2, 0.25) is 0 Å². The van der Waals surface area contributed by atoms with E-state index in [-0.39, 0.29) is 5.56 Å². The number of nitrogens with one attached hydrogen (secondary N) is 1. The number of nitrogens with zero attached hydrogens (tertiary/aromatic N) is 2. The molecule has 2 heterocycles. The Hall–Kier alpha value is -1.66. The van der Waals surface area contributed by atoms with Gasteiger partial charge in [-0.25, -0.2) is 9.97 Å². The Morgan fingerprint density at radius 3 is 2.89 bits per heavy atom. The monoisotopic (exact) mass is 263 g/mol. The number of aryl methyl sites for hydroxylation is 1. The Balaban J connectivity index is 2.28. The summed E-state index contributed by atoms with van der Waals surface area (Å²) in [5.41, 5.74) is 1.26. The van der Waals surface area contributed by atoms with E-state index in [4.69, 9.17) is 0 Å². The lowest BCUT2D eigenvalue weighted by atomic mass is 10.2. The van der Waals surface area contributed by atoms with E-state index >= 15 is 0 Å². The first-order valence-corrected chi connectivity index (χ1v) is 6.26. The lowest BCUT2D eigenvalue weighted by molar-refractivity contribution is 0.199. The maximum absolute atomic E-state index is 11.3. The number of rotatable bonds is 3. The largest absolute Gasteiger partial charge is 0.389 e. The predicted molar refractivity (Wildman–Crippen MR) is 68.6 cm³/mol. The quantitative estimate of drug-likeness (QED) is 0.824. The lowest BCUT2D eigenvalue weighted by Crippen LogP contribution is -2.08. The lowest BCUT2D eigenvalue weighted by Gasteiger charge is -2.06. The van der Waals surface area contributed by atoms with Gasteiger partial charge in [-0.15, -0.1) is 0 Å². The molecule has 0 amide bonds. The highest BCUT2D eigenvalue weighted by Crippen LogP contribution is 2.24. The zero-order valence-corrected chi connectivity index (χ0v) is 10.9. The van der Waals surface area contributed by atoms with Crippen molar-refractivity contribution in [2.75, 3.05) is 0 Å². The number of aliphatic hydroxyl groups excluding tert-OH is 1. The molecule has 18 heavy (non-hydrogen) atoms. The van der Waals surface area contributed by atoms with Crippen molar-refractivity contribution in [1.82, 2.24) is 15.0 Å². The number of hydrogen-bond acceptors (Lipinski definition) is 5. The molecular formula is C12H13N3O2S. The van der Waals surface area contributed by atoms with Crippen LogP contribution in [0.5, 0.6) is 0 Å². The minimum atomic E-state index is -0.545. The van der Waals surface area contributed by atoms with Crippen LogP contribution in [0.15, 0.2) is 39.4 Å². The highest BCUT2D eigenvalue weighted by molar-refractivity contribution is 7.99. The van der Waals surface area contributed by atoms with Crippen LogP contribution in [0.2, 0.25) is 0 Å². The topological polar surface area (TPSA) is 78.9 Å². The Morgan fingerprint density at radius 2 is 2.22 bits per heavy atom. The highest BCUT2D eigenvalue weighted by Gasteiger charge is 2.06. The zero-order chi connectivity index (χ0) is 13.1. The van der Waals surface area contributed by atoms with E-state index in [1.165, 1.54) is 17.8 Å². The standard InChI is InChI=1S/C12H13N3O2S/c1-7-5-10(17)15-12(14-7)18-11-6-9(8(2)16)3-4-13-11/h3-6,8,16H,1-2H3,(H,14,15,17)/t8-/m0/s1. The third kappa shape index (κ3) is 3.18. The average Bonchev–Trinajstić information content (AvgIpc) is 2.27. The normalized spacial score (nSPS) is 12.4. The summed E-state index contributed by atoms with van der Waals surface area (Å²) >= 11 is 1.26. The second-order valence-electron chi connectivity index (χ2n) is 3.90. The first-order valence-electron chi connectivity index (χ1n) is 5.44. The summed E-state index contributed by atoms with van der Waals surface area (Å²) in [6.07, 6.45) is 1.08. The smallest absolute Gasteiger partial charge is 0.251 e. The van der Waals surface area contributed by atoms with Gasteiger partial charge in [-0.05, 0) is 43.3 Å². The summed E-state index contributed by atoms with van der Waals surface area (Å²) in [4.78, 5) is 22.3. The number of hydrogen-bond donors (Lipinski definition) is 2. The second-order valence-corrected chi connectivity index (χ2v) is 4.91. The van der Waals surface area contributed by atoms with E-state index < -0.39 is 6.10 Å². The Bertz CT molecular complexity index is 610. The van der Waals surface area contributed by atoms with E-state index in [2.05, 4.69) is 15.0 Å². The molecule has 0 fully saturated rings. The third-order valence-corrected chi connectivity index (χ3v) is 3.11. The molecule has 0 spiro atoms. The number of pyridine rings is 1. The van der Waals surface area contributed by atoms with Crippen LogP contribution in [-0.4, -0.2) is 20.1 Å². The van der Waals surface area contributed by atoms with Crippen molar-refractivity contribution in [3.63, 3.8) is 0 Å². The molecule has 0 bridgehead atoms. The van der Waals surface area contributed by atoms with Gasteiger partial charge in [0.05, 0.1) is 6.10 Å². The maximum atomic E-state index is 11.3. The minimum Gasteiger partial charge on any atom is -0.389 e. The van der Waals surface area contributed by atoms with E-state index in [0.717, 1.165) is 5.56 Å². The van der Waals surface area contributed by atoms with Crippen molar-refractivity contribution >= 4 is 11.8 Å². The molecule has 6 heteroatoms. The van der Waals surface area contributed by atoms with Crippen LogP contribution in [-0.2, 0) is 0 Å². The molecule has 1 atom stereocenters. The molecule has 0 aliphatic carbocycles. The summed E-state index contributed by atoms with van der Waals surface area (Å²) in [6, 6.07) is 4.96. The molecule has 0 aliphatic heterocycles. The van der Waals surface area contributed by atoms with Crippen LogP contribution in [0.25, 0.3) is 0 Å². The summed E-state index contributed by atoms with van der Waals surface area (Å²) in [5, 5.41) is 10.7. The molecule has 0 saturated carbocycles. The fraction of sp³-hybridized carbons (Fsp3) is 0.250. The first-order chi connectivity index (χ1) is 8.54. The van der Waals surface area contributed by atoms with Crippen LogP contribution >= 0.6 is 11.8 Å². The summed E-state index contributed by atoms with van der Waals surface area (Å²) < 4.78 is 0. The molecule has 5 nitrogen and oxygen atoms in total. The van der Waals surface area contributed by atoms with E-state index in [1.807, 2.05) is 0 Å². The van der Waals surface area contributed by atoms with E-state index in [0.29, 0.717) is 15.9 Å². The van der Waals surface area contributed by atoms with Crippen LogP contribution in [0.4, 0.5) is 0 Å². The fourth-order valence-electron chi connectivity index (χ4n) is 1.44. The van der Waals surface area contributed by atoms with E-state index in [9.17, 15) is 9.90 Å². The van der Waals surface area contributed by atoms with Gasteiger partial charge in [0, 0.05) is 18.0 Å². The molecule has 2 aromatic rings. The van der Waals surface area contributed by atoms with Gasteiger partial charge in [-0.3, -0.25) is 4.79 Å². The van der Waals surface area contributed by atoms with Crippen molar-refractivity contribution in [2.24, 2.45) is 0 Å². The van der Waals surface area contributed by atoms with Crippen molar-refractivity contribution in [1.29, 1.82) is 0 Å². The summed E-state index contributed by atoms with van der Waals surface area (Å²) in [5.74, 6) is 0. The SMILES string of the molecule is Cc1cc(=O)[nH]c(Sc2cc([C@H](C)O)ccn2)n1.